The van der Waals surface area contributed by atoms with Crippen molar-refractivity contribution in [3.05, 3.63) is 22.1 Å². The average Bonchev–Trinajstić information content (AvgIpc) is 2.47. The lowest BCUT2D eigenvalue weighted by atomic mass is 10.1. The van der Waals surface area contributed by atoms with Crippen molar-refractivity contribution in [2.24, 2.45) is 11.3 Å². The fourth-order valence-corrected chi connectivity index (χ4v) is 2.17. The molecule has 15 heavy (non-hydrogen) atoms. The molecule has 1 aliphatic carbocycles. The molecule has 0 radical (unpaired) electrons. The van der Waals surface area contributed by atoms with Crippen molar-refractivity contribution in [3.8, 4) is 0 Å². The second-order valence-electron chi connectivity index (χ2n) is 4.99. The number of allylic oxidation sites excluding steroid dienone is 2. The monoisotopic (exact) mass is 208 g/mol. The summed E-state index contributed by atoms with van der Waals surface area (Å²) in [5.41, 5.74) is 1.14. The van der Waals surface area contributed by atoms with Gasteiger partial charge >= 0.3 is 5.69 Å². The van der Waals surface area contributed by atoms with Crippen LogP contribution >= 0.6 is 0 Å². The number of hydrogen-bond acceptors (Lipinski definition) is 3. The van der Waals surface area contributed by atoms with Crippen LogP contribution in [0.1, 0.15) is 33.7 Å². The van der Waals surface area contributed by atoms with Gasteiger partial charge < -0.3 is 0 Å². The zero-order chi connectivity index (χ0) is 11.2. The molecule has 1 saturated carbocycles. The van der Waals surface area contributed by atoms with E-state index in [9.17, 15) is 4.79 Å². The van der Waals surface area contributed by atoms with Gasteiger partial charge in [0.25, 0.3) is 0 Å². The Bertz CT molecular complexity index is 450. The fourth-order valence-electron chi connectivity index (χ4n) is 2.17. The Morgan fingerprint density at radius 2 is 2.20 bits per heavy atom. The third-order valence-electron chi connectivity index (χ3n) is 3.12. The van der Waals surface area contributed by atoms with Gasteiger partial charge in [-0.3, -0.25) is 0 Å². The minimum Gasteiger partial charge on any atom is -0.245 e. The molecule has 0 saturated heterocycles. The average molecular weight is 208 g/mol. The van der Waals surface area contributed by atoms with E-state index in [4.69, 9.17) is 0 Å². The SMILES string of the molecule is CC(C)=CC1C(n2nn[nH]c2=O)C1(C)C. The normalized spacial score (nSPS) is 27.5. The van der Waals surface area contributed by atoms with E-state index < -0.39 is 0 Å². The highest BCUT2D eigenvalue weighted by Crippen LogP contribution is 2.61. The first kappa shape index (κ1) is 10.1. The Kier molecular flexibility index (Phi) is 2.06. The largest absolute Gasteiger partial charge is 0.361 e. The maximum Gasteiger partial charge on any atom is 0.361 e. The number of aromatic nitrogens is 4. The van der Waals surface area contributed by atoms with E-state index in [2.05, 4.69) is 49.3 Å². The van der Waals surface area contributed by atoms with Crippen LogP contribution in [-0.2, 0) is 0 Å². The predicted molar refractivity (Wildman–Crippen MR) is 56.4 cm³/mol. The van der Waals surface area contributed by atoms with Crippen molar-refractivity contribution < 1.29 is 0 Å². The quantitative estimate of drug-likeness (QED) is 0.741. The number of H-pyrrole nitrogens is 1. The number of rotatable bonds is 2. The minimum atomic E-state index is -0.224. The molecule has 0 amide bonds. The highest BCUT2D eigenvalue weighted by molar-refractivity contribution is 5.19. The van der Waals surface area contributed by atoms with E-state index in [-0.39, 0.29) is 17.1 Å². The van der Waals surface area contributed by atoms with Gasteiger partial charge in [0.05, 0.1) is 6.04 Å². The minimum absolute atomic E-state index is 0.0952. The van der Waals surface area contributed by atoms with Crippen molar-refractivity contribution in [1.29, 1.82) is 0 Å². The smallest absolute Gasteiger partial charge is 0.245 e. The molecule has 1 N–H and O–H groups in total. The summed E-state index contributed by atoms with van der Waals surface area (Å²) in [4.78, 5) is 11.4. The van der Waals surface area contributed by atoms with E-state index in [1.54, 1.807) is 0 Å². The molecular weight excluding hydrogens is 192 g/mol. The van der Waals surface area contributed by atoms with Crippen molar-refractivity contribution in [2.75, 3.05) is 0 Å². The predicted octanol–water partition coefficient (Wildman–Crippen LogP) is 1.13. The molecule has 0 spiro atoms. The van der Waals surface area contributed by atoms with Crippen LogP contribution in [0.25, 0.3) is 0 Å². The molecule has 2 atom stereocenters. The Morgan fingerprint density at radius 3 is 2.67 bits per heavy atom. The maximum absolute atomic E-state index is 11.4. The number of nitrogens with zero attached hydrogens (tertiary/aromatic N) is 3. The van der Waals surface area contributed by atoms with Crippen LogP contribution in [0, 0.1) is 11.3 Å². The molecule has 1 fully saturated rings. The lowest BCUT2D eigenvalue weighted by Crippen LogP contribution is -2.19. The van der Waals surface area contributed by atoms with E-state index in [1.807, 2.05) is 0 Å². The van der Waals surface area contributed by atoms with Gasteiger partial charge in [-0.05, 0) is 29.7 Å². The molecule has 2 unspecified atom stereocenters. The number of tetrazole rings is 1. The van der Waals surface area contributed by atoms with Gasteiger partial charge in [-0.1, -0.05) is 25.5 Å². The van der Waals surface area contributed by atoms with Crippen LogP contribution in [0.5, 0.6) is 0 Å². The van der Waals surface area contributed by atoms with Crippen molar-refractivity contribution in [3.63, 3.8) is 0 Å². The van der Waals surface area contributed by atoms with Crippen LogP contribution in [0.2, 0.25) is 0 Å². The first-order chi connectivity index (χ1) is 6.94. The maximum atomic E-state index is 11.4. The molecule has 0 aromatic carbocycles. The third kappa shape index (κ3) is 1.52. The Balaban J connectivity index is 2.31. The first-order valence-electron chi connectivity index (χ1n) is 5.09. The summed E-state index contributed by atoms with van der Waals surface area (Å²) in [6, 6.07) is 0.138. The topological polar surface area (TPSA) is 63.6 Å². The molecule has 0 bridgehead atoms. The summed E-state index contributed by atoms with van der Waals surface area (Å²) in [5, 5.41) is 9.64. The van der Waals surface area contributed by atoms with Gasteiger partial charge in [-0.25, -0.2) is 9.89 Å². The van der Waals surface area contributed by atoms with Gasteiger partial charge in [-0.2, -0.15) is 4.68 Å². The third-order valence-corrected chi connectivity index (χ3v) is 3.12. The van der Waals surface area contributed by atoms with Crippen molar-refractivity contribution >= 4 is 0 Å². The lowest BCUT2D eigenvalue weighted by Gasteiger charge is -1.98. The van der Waals surface area contributed by atoms with Gasteiger partial charge in [0.15, 0.2) is 0 Å². The lowest BCUT2D eigenvalue weighted by molar-refractivity contribution is 0.484. The summed E-state index contributed by atoms with van der Waals surface area (Å²) in [6.45, 7) is 8.42. The molecule has 1 heterocycles. The standard InChI is InChI=1S/C10H16N4O/c1-6(2)5-7-8(10(7,3)4)14-9(15)11-12-13-14/h5,7-8H,1-4H3,(H,11,13,15). The first-order valence-corrected chi connectivity index (χ1v) is 5.09. The van der Waals surface area contributed by atoms with Gasteiger partial charge in [0, 0.05) is 5.92 Å². The second-order valence-corrected chi connectivity index (χ2v) is 4.99. The van der Waals surface area contributed by atoms with Crippen LogP contribution < -0.4 is 5.69 Å². The molecule has 2 rings (SSSR count). The molecule has 1 aliphatic rings. The molecule has 5 nitrogen and oxygen atoms in total. The Hall–Kier alpha value is -1.39. The number of aromatic amines is 1. The van der Waals surface area contributed by atoms with Crippen molar-refractivity contribution in [1.82, 2.24) is 20.2 Å². The zero-order valence-corrected chi connectivity index (χ0v) is 9.48. The summed E-state index contributed by atoms with van der Waals surface area (Å²) >= 11 is 0. The Morgan fingerprint density at radius 1 is 1.53 bits per heavy atom. The van der Waals surface area contributed by atoms with Crippen LogP contribution in [-0.4, -0.2) is 20.2 Å². The zero-order valence-electron chi connectivity index (χ0n) is 9.48. The molecular formula is C10H16N4O. The van der Waals surface area contributed by atoms with E-state index in [0.717, 1.165) is 0 Å². The highest BCUT2D eigenvalue weighted by atomic mass is 16.2. The van der Waals surface area contributed by atoms with Crippen LogP contribution in [0.4, 0.5) is 0 Å². The van der Waals surface area contributed by atoms with E-state index in [0.29, 0.717) is 5.92 Å². The summed E-state index contributed by atoms with van der Waals surface area (Å²) in [7, 11) is 0. The fraction of sp³-hybridized carbons (Fsp3) is 0.700. The molecule has 82 valence electrons. The Labute approximate surface area is 88.2 Å². The van der Waals surface area contributed by atoms with Crippen LogP contribution in [0.3, 0.4) is 0 Å². The summed E-state index contributed by atoms with van der Waals surface area (Å²) < 4.78 is 1.45. The second kappa shape index (κ2) is 3.05. The van der Waals surface area contributed by atoms with E-state index in [1.165, 1.54) is 10.3 Å². The molecule has 1 aromatic heterocycles. The molecule has 1 aromatic rings. The number of nitrogens with one attached hydrogen (secondary N) is 1. The molecule has 0 aliphatic heterocycles. The van der Waals surface area contributed by atoms with Gasteiger partial charge in [0.1, 0.15) is 0 Å². The van der Waals surface area contributed by atoms with Crippen LogP contribution in [0.15, 0.2) is 16.4 Å². The summed E-state index contributed by atoms with van der Waals surface area (Å²) in [5.74, 6) is 0.380. The van der Waals surface area contributed by atoms with Gasteiger partial charge in [-0.15, -0.1) is 0 Å². The van der Waals surface area contributed by atoms with Crippen molar-refractivity contribution in [2.45, 2.75) is 33.7 Å². The number of hydrogen-bond donors (Lipinski definition) is 1. The molecule has 5 heteroatoms. The summed E-state index contributed by atoms with van der Waals surface area (Å²) in [6.07, 6.45) is 2.20. The van der Waals surface area contributed by atoms with E-state index >= 15 is 0 Å². The highest BCUT2D eigenvalue weighted by Gasteiger charge is 2.59. The van der Waals surface area contributed by atoms with Gasteiger partial charge in [0.2, 0.25) is 0 Å².